The van der Waals surface area contributed by atoms with Crippen LogP contribution in [-0.4, -0.2) is 13.2 Å². The minimum absolute atomic E-state index is 0.173. The molecule has 1 aliphatic carbocycles. The second-order valence-electron chi connectivity index (χ2n) is 5.18. The summed E-state index contributed by atoms with van der Waals surface area (Å²) < 4.78 is 19.5. The zero-order chi connectivity index (χ0) is 13.9. The van der Waals surface area contributed by atoms with E-state index in [0.29, 0.717) is 18.2 Å². The molecule has 0 atom stereocenters. The fourth-order valence-corrected chi connectivity index (χ4v) is 2.21. The third-order valence-electron chi connectivity index (χ3n) is 3.41. The Labute approximate surface area is 118 Å². The number of hydrogen-bond donors (Lipinski definition) is 1. The van der Waals surface area contributed by atoms with Gasteiger partial charge in [-0.25, -0.2) is 4.39 Å². The number of ether oxygens (including phenoxy) is 1. The molecule has 20 heavy (non-hydrogen) atoms. The van der Waals surface area contributed by atoms with E-state index >= 15 is 0 Å². The molecule has 2 aromatic carbocycles. The Morgan fingerprint density at radius 3 is 2.70 bits per heavy atom. The third kappa shape index (κ3) is 2.99. The Morgan fingerprint density at radius 1 is 1.15 bits per heavy atom. The fourth-order valence-electron chi connectivity index (χ4n) is 2.21. The van der Waals surface area contributed by atoms with Gasteiger partial charge in [-0.1, -0.05) is 18.2 Å². The third-order valence-corrected chi connectivity index (χ3v) is 3.41. The van der Waals surface area contributed by atoms with Crippen molar-refractivity contribution in [2.45, 2.75) is 25.5 Å². The summed E-state index contributed by atoms with van der Waals surface area (Å²) in [5, 5.41) is 2.98. The lowest BCUT2D eigenvalue weighted by Gasteiger charge is -2.09. The Morgan fingerprint density at radius 2 is 1.95 bits per heavy atom. The topological polar surface area (TPSA) is 21.3 Å². The molecule has 1 N–H and O–H groups in total. The van der Waals surface area contributed by atoms with Gasteiger partial charge in [0.25, 0.3) is 0 Å². The Hall–Kier alpha value is -1.87. The summed E-state index contributed by atoms with van der Waals surface area (Å²) in [7, 11) is 1.82. The van der Waals surface area contributed by atoms with Crippen molar-refractivity contribution in [1.82, 2.24) is 5.32 Å². The van der Waals surface area contributed by atoms with Crippen molar-refractivity contribution < 1.29 is 9.13 Å². The molecule has 0 aromatic heterocycles. The molecule has 2 aromatic rings. The van der Waals surface area contributed by atoms with Crippen molar-refractivity contribution in [3.8, 4) is 16.9 Å². The van der Waals surface area contributed by atoms with Gasteiger partial charge in [0.2, 0.25) is 0 Å². The van der Waals surface area contributed by atoms with Crippen LogP contribution in [0.25, 0.3) is 11.1 Å². The van der Waals surface area contributed by atoms with Crippen LogP contribution in [-0.2, 0) is 6.54 Å². The average molecular weight is 271 g/mol. The average Bonchev–Trinajstić information content (AvgIpc) is 3.26. The van der Waals surface area contributed by atoms with E-state index in [-0.39, 0.29) is 5.82 Å². The molecule has 1 fully saturated rings. The Kier molecular flexibility index (Phi) is 3.70. The van der Waals surface area contributed by atoms with E-state index in [1.807, 2.05) is 43.4 Å². The normalized spacial score (nSPS) is 14.3. The standard InChI is InChI=1S/C17H18FNO/c1-19-11-14-9-13(5-8-17(14)18)12-3-2-4-16(10-12)20-15-6-7-15/h2-5,8-10,15,19H,6-7,11H2,1H3. The number of benzene rings is 2. The lowest BCUT2D eigenvalue weighted by molar-refractivity contribution is 0.303. The molecular formula is C17H18FNO. The van der Waals surface area contributed by atoms with E-state index in [1.54, 1.807) is 0 Å². The van der Waals surface area contributed by atoms with Crippen LogP contribution in [0.1, 0.15) is 18.4 Å². The molecule has 3 rings (SSSR count). The molecule has 0 radical (unpaired) electrons. The highest BCUT2D eigenvalue weighted by atomic mass is 19.1. The van der Waals surface area contributed by atoms with E-state index in [9.17, 15) is 4.39 Å². The maximum absolute atomic E-state index is 13.7. The van der Waals surface area contributed by atoms with Gasteiger partial charge in [0.1, 0.15) is 11.6 Å². The van der Waals surface area contributed by atoms with Crippen LogP contribution in [0.15, 0.2) is 42.5 Å². The molecule has 0 bridgehead atoms. The summed E-state index contributed by atoms with van der Waals surface area (Å²) in [5.41, 5.74) is 2.75. The summed E-state index contributed by atoms with van der Waals surface area (Å²) in [5.74, 6) is 0.720. The van der Waals surface area contributed by atoms with Gasteiger partial charge in [0.15, 0.2) is 0 Å². The highest BCUT2D eigenvalue weighted by molar-refractivity contribution is 5.66. The van der Waals surface area contributed by atoms with Crippen LogP contribution in [0.3, 0.4) is 0 Å². The van der Waals surface area contributed by atoms with E-state index in [1.165, 1.54) is 6.07 Å². The number of rotatable bonds is 5. The molecule has 0 amide bonds. The molecule has 1 saturated carbocycles. The quantitative estimate of drug-likeness (QED) is 0.894. The second kappa shape index (κ2) is 5.63. The minimum Gasteiger partial charge on any atom is -0.490 e. The lowest BCUT2D eigenvalue weighted by atomic mass is 10.0. The first-order valence-electron chi connectivity index (χ1n) is 6.96. The molecule has 0 saturated heterocycles. The smallest absolute Gasteiger partial charge is 0.127 e. The summed E-state index contributed by atoms with van der Waals surface area (Å²) >= 11 is 0. The second-order valence-corrected chi connectivity index (χ2v) is 5.18. The van der Waals surface area contributed by atoms with Gasteiger partial charge < -0.3 is 10.1 Å². The van der Waals surface area contributed by atoms with Gasteiger partial charge in [-0.2, -0.15) is 0 Å². The van der Waals surface area contributed by atoms with Gasteiger partial charge in [0.05, 0.1) is 6.10 Å². The molecule has 0 heterocycles. The minimum atomic E-state index is -0.173. The van der Waals surface area contributed by atoms with E-state index < -0.39 is 0 Å². The van der Waals surface area contributed by atoms with Gasteiger partial charge >= 0.3 is 0 Å². The van der Waals surface area contributed by atoms with Crippen molar-refractivity contribution in [1.29, 1.82) is 0 Å². The highest BCUT2D eigenvalue weighted by Crippen LogP contribution is 2.30. The maximum atomic E-state index is 13.7. The van der Waals surface area contributed by atoms with Crippen molar-refractivity contribution in [3.05, 3.63) is 53.8 Å². The van der Waals surface area contributed by atoms with E-state index in [4.69, 9.17) is 4.74 Å². The van der Waals surface area contributed by atoms with Crippen LogP contribution in [0.5, 0.6) is 5.75 Å². The van der Waals surface area contributed by atoms with Crippen LogP contribution in [0.2, 0.25) is 0 Å². The van der Waals surface area contributed by atoms with Crippen LogP contribution < -0.4 is 10.1 Å². The van der Waals surface area contributed by atoms with Crippen molar-refractivity contribution in [2.24, 2.45) is 0 Å². The SMILES string of the molecule is CNCc1cc(-c2cccc(OC3CC3)c2)ccc1F. The zero-order valence-electron chi connectivity index (χ0n) is 11.5. The van der Waals surface area contributed by atoms with Gasteiger partial charge in [-0.05, 0) is 55.3 Å². The number of hydrogen-bond acceptors (Lipinski definition) is 2. The summed E-state index contributed by atoms with van der Waals surface area (Å²) in [4.78, 5) is 0. The van der Waals surface area contributed by atoms with Crippen molar-refractivity contribution in [3.63, 3.8) is 0 Å². The van der Waals surface area contributed by atoms with Crippen molar-refractivity contribution in [2.75, 3.05) is 7.05 Å². The van der Waals surface area contributed by atoms with E-state index in [0.717, 1.165) is 29.7 Å². The first-order chi connectivity index (χ1) is 9.76. The number of nitrogens with one attached hydrogen (secondary N) is 1. The Balaban J connectivity index is 1.89. The molecule has 2 nitrogen and oxygen atoms in total. The van der Waals surface area contributed by atoms with Crippen LogP contribution in [0, 0.1) is 5.82 Å². The van der Waals surface area contributed by atoms with Gasteiger partial charge in [-0.3, -0.25) is 0 Å². The van der Waals surface area contributed by atoms with Gasteiger partial charge in [0, 0.05) is 12.1 Å². The summed E-state index contributed by atoms with van der Waals surface area (Å²) in [6, 6.07) is 13.2. The largest absolute Gasteiger partial charge is 0.490 e. The zero-order valence-corrected chi connectivity index (χ0v) is 11.5. The highest BCUT2D eigenvalue weighted by Gasteiger charge is 2.23. The predicted octanol–water partition coefficient (Wildman–Crippen LogP) is 3.75. The maximum Gasteiger partial charge on any atom is 0.127 e. The fraction of sp³-hybridized carbons (Fsp3) is 0.294. The summed E-state index contributed by atoms with van der Waals surface area (Å²) in [6.45, 7) is 0.526. The number of halogens is 1. The monoisotopic (exact) mass is 271 g/mol. The molecule has 0 unspecified atom stereocenters. The molecule has 0 spiro atoms. The molecule has 0 aliphatic heterocycles. The Bertz CT molecular complexity index is 608. The first-order valence-corrected chi connectivity index (χ1v) is 6.96. The molecule has 3 heteroatoms. The summed E-state index contributed by atoms with van der Waals surface area (Å²) in [6.07, 6.45) is 2.68. The first kappa shape index (κ1) is 13.1. The van der Waals surface area contributed by atoms with Crippen LogP contribution >= 0.6 is 0 Å². The van der Waals surface area contributed by atoms with Crippen molar-refractivity contribution >= 4 is 0 Å². The van der Waals surface area contributed by atoms with Crippen LogP contribution in [0.4, 0.5) is 4.39 Å². The van der Waals surface area contributed by atoms with E-state index in [2.05, 4.69) is 5.32 Å². The predicted molar refractivity (Wildman–Crippen MR) is 78.2 cm³/mol. The molecule has 104 valence electrons. The van der Waals surface area contributed by atoms with Gasteiger partial charge in [-0.15, -0.1) is 0 Å². The molecule has 1 aliphatic rings. The lowest BCUT2D eigenvalue weighted by Crippen LogP contribution is -2.07. The molecular weight excluding hydrogens is 253 g/mol.